The first-order chi connectivity index (χ1) is 4.87. The largest absolute Gasteiger partial charge is 0.389 e. The van der Waals surface area contributed by atoms with Gasteiger partial charge in [-0.1, -0.05) is 15.9 Å². The fourth-order valence-electron chi connectivity index (χ4n) is 0.771. The van der Waals surface area contributed by atoms with Gasteiger partial charge < -0.3 is 10.0 Å². The van der Waals surface area contributed by atoms with Crippen LogP contribution >= 0.6 is 15.9 Å². The van der Waals surface area contributed by atoms with Gasteiger partial charge in [-0.05, 0) is 13.8 Å². The van der Waals surface area contributed by atoms with E-state index in [0.717, 1.165) is 0 Å². The summed E-state index contributed by atoms with van der Waals surface area (Å²) < 4.78 is 0. The van der Waals surface area contributed by atoms with Crippen LogP contribution in [0.2, 0.25) is 0 Å². The molecule has 0 fully saturated rings. The van der Waals surface area contributed by atoms with Crippen molar-refractivity contribution in [2.45, 2.75) is 19.4 Å². The lowest BCUT2D eigenvalue weighted by atomic mass is 10.1. The molecule has 0 aliphatic carbocycles. The molecule has 0 bridgehead atoms. The van der Waals surface area contributed by atoms with Crippen LogP contribution < -0.4 is 0 Å². The number of carbonyl (C=O) groups is 1. The third-order valence-electron chi connectivity index (χ3n) is 1.16. The molecule has 0 aliphatic heterocycles. The van der Waals surface area contributed by atoms with Crippen molar-refractivity contribution in [3.8, 4) is 0 Å². The van der Waals surface area contributed by atoms with Crippen LogP contribution in [-0.2, 0) is 4.79 Å². The number of rotatable bonds is 3. The molecule has 0 aliphatic rings. The second kappa shape index (κ2) is 4.07. The van der Waals surface area contributed by atoms with Crippen LogP contribution in [0.25, 0.3) is 0 Å². The number of hydrogen-bond acceptors (Lipinski definition) is 2. The third-order valence-corrected chi connectivity index (χ3v) is 1.64. The number of nitrogens with zero attached hydrogens (tertiary/aromatic N) is 1. The van der Waals surface area contributed by atoms with Crippen LogP contribution in [0.5, 0.6) is 0 Å². The van der Waals surface area contributed by atoms with E-state index in [0.29, 0.717) is 11.9 Å². The number of aliphatic hydroxyl groups is 1. The summed E-state index contributed by atoms with van der Waals surface area (Å²) in [4.78, 5) is 12.5. The van der Waals surface area contributed by atoms with Crippen LogP contribution in [0.1, 0.15) is 13.8 Å². The van der Waals surface area contributed by atoms with Crippen molar-refractivity contribution >= 4 is 21.8 Å². The van der Waals surface area contributed by atoms with Gasteiger partial charge in [-0.2, -0.15) is 0 Å². The van der Waals surface area contributed by atoms with Crippen molar-refractivity contribution in [2.24, 2.45) is 0 Å². The van der Waals surface area contributed by atoms with Gasteiger partial charge in [-0.15, -0.1) is 0 Å². The first kappa shape index (κ1) is 10.9. The molecule has 66 valence electrons. The van der Waals surface area contributed by atoms with Gasteiger partial charge in [0.15, 0.2) is 0 Å². The summed E-state index contributed by atoms with van der Waals surface area (Å²) in [5.41, 5.74) is -0.813. The molecule has 1 amide bonds. The summed E-state index contributed by atoms with van der Waals surface area (Å²) in [6.45, 7) is 3.70. The number of hydrogen-bond donors (Lipinski definition) is 1. The monoisotopic (exact) mass is 223 g/mol. The van der Waals surface area contributed by atoms with Crippen LogP contribution in [0.15, 0.2) is 0 Å². The Morgan fingerprint density at radius 3 is 2.36 bits per heavy atom. The molecule has 0 rings (SSSR count). The highest BCUT2D eigenvalue weighted by molar-refractivity contribution is 9.09. The second-order valence-corrected chi connectivity index (χ2v) is 3.76. The van der Waals surface area contributed by atoms with Crippen molar-refractivity contribution in [3.63, 3.8) is 0 Å². The van der Waals surface area contributed by atoms with E-state index in [1.54, 1.807) is 20.9 Å². The van der Waals surface area contributed by atoms with Crippen LogP contribution in [0.3, 0.4) is 0 Å². The standard InChI is InChI=1S/C7H14BrNO2/c1-7(2,11)5-9(3)6(10)4-8/h11H,4-5H2,1-3H3. The van der Waals surface area contributed by atoms with Gasteiger partial charge in [0.1, 0.15) is 0 Å². The number of halogens is 1. The zero-order chi connectivity index (χ0) is 9.07. The van der Waals surface area contributed by atoms with E-state index >= 15 is 0 Å². The Kier molecular flexibility index (Phi) is 4.03. The average molecular weight is 224 g/mol. The van der Waals surface area contributed by atoms with Gasteiger partial charge in [-0.3, -0.25) is 4.79 Å². The summed E-state index contributed by atoms with van der Waals surface area (Å²) in [5.74, 6) is -0.0212. The zero-order valence-corrected chi connectivity index (χ0v) is 8.68. The minimum Gasteiger partial charge on any atom is -0.389 e. The van der Waals surface area contributed by atoms with E-state index in [2.05, 4.69) is 15.9 Å². The second-order valence-electron chi connectivity index (χ2n) is 3.20. The van der Waals surface area contributed by atoms with E-state index in [4.69, 9.17) is 0 Å². The molecular formula is C7H14BrNO2. The average Bonchev–Trinajstić information content (AvgIpc) is 1.82. The molecule has 0 saturated heterocycles. The first-order valence-electron chi connectivity index (χ1n) is 3.39. The SMILES string of the molecule is CN(CC(C)(C)O)C(=O)CBr. The van der Waals surface area contributed by atoms with E-state index < -0.39 is 5.60 Å². The molecule has 4 heteroatoms. The maximum Gasteiger partial charge on any atom is 0.233 e. The molecule has 0 unspecified atom stereocenters. The van der Waals surface area contributed by atoms with Crippen molar-refractivity contribution in [1.82, 2.24) is 4.90 Å². The number of amides is 1. The van der Waals surface area contributed by atoms with Crippen molar-refractivity contribution in [1.29, 1.82) is 0 Å². The molecule has 3 nitrogen and oxygen atoms in total. The van der Waals surface area contributed by atoms with Crippen molar-refractivity contribution in [2.75, 3.05) is 18.9 Å². The van der Waals surface area contributed by atoms with E-state index in [1.807, 2.05) is 0 Å². The molecule has 0 atom stereocenters. The Labute approximate surface area is 75.5 Å². The first-order valence-corrected chi connectivity index (χ1v) is 4.51. The fraction of sp³-hybridized carbons (Fsp3) is 0.857. The van der Waals surface area contributed by atoms with E-state index in [-0.39, 0.29) is 5.91 Å². The maximum atomic E-state index is 11.0. The minimum atomic E-state index is -0.813. The van der Waals surface area contributed by atoms with Crippen LogP contribution in [0, 0.1) is 0 Å². The highest BCUT2D eigenvalue weighted by Crippen LogP contribution is 2.03. The van der Waals surface area contributed by atoms with E-state index in [9.17, 15) is 9.90 Å². The molecular weight excluding hydrogens is 210 g/mol. The smallest absolute Gasteiger partial charge is 0.233 e. The van der Waals surface area contributed by atoms with Gasteiger partial charge in [0, 0.05) is 13.6 Å². The lowest BCUT2D eigenvalue weighted by Gasteiger charge is -2.24. The van der Waals surface area contributed by atoms with Gasteiger partial charge in [0.2, 0.25) is 5.91 Å². The zero-order valence-electron chi connectivity index (χ0n) is 7.09. The number of alkyl halides is 1. The van der Waals surface area contributed by atoms with Gasteiger partial charge in [0.05, 0.1) is 10.9 Å². The molecule has 0 heterocycles. The predicted octanol–water partition coefficient (Wildman–Crippen LogP) is 0.611. The summed E-state index contributed by atoms with van der Waals surface area (Å²) in [5, 5.41) is 9.63. The molecule has 11 heavy (non-hydrogen) atoms. The Morgan fingerprint density at radius 1 is 1.64 bits per heavy atom. The summed E-state index contributed by atoms with van der Waals surface area (Å²) in [6, 6.07) is 0. The van der Waals surface area contributed by atoms with Gasteiger partial charge in [-0.25, -0.2) is 0 Å². The van der Waals surface area contributed by atoms with Crippen LogP contribution in [0.4, 0.5) is 0 Å². The quantitative estimate of drug-likeness (QED) is 0.713. The topological polar surface area (TPSA) is 40.5 Å². The Hall–Kier alpha value is -0.0900. The molecule has 0 spiro atoms. The summed E-state index contributed by atoms with van der Waals surface area (Å²) >= 11 is 3.05. The Balaban J connectivity index is 3.87. The number of carbonyl (C=O) groups excluding carboxylic acids is 1. The highest BCUT2D eigenvalue weighted by atomic mass is 79.9. The molecule has 0 aromatic rings. The van der Waals surface area contributed by atoms with Crippen LogP contribution in [-0.4, -0.2) is 40.4 Å². The summed E-state index contributed by atoms with van der Waals surface area (Å²) in [7, 11) is 1.67. The predicted molar refractivity (Wildman–Crippen MR) is 47.7 cm³/mol. The lowest BCUT2D eigenvalue weighted by Crippen LogP contribution is -2.40. The van der Waals surface area contributed by atoms with Crippen molar-refractivity contribution < 1.29 is 9.90 Å². The Bertz CT molecular complexity index is 142. The summed E-state index contributed by atoms with van der Waals surface area (Å²) in [6.07, 6.45) is 0. The van der Waals surface area contributed by atoms with Gasteiger partial charge in [0.25, 0.3) is 0 Å². The lowest BCUT2D eigenvalue weighted by molar-refractivity contribution is -0.129. The minimum absolute atomic E-state index is 0.0212. The maximum absolute atomic E-state index is 11.0. The highest BCUT2D eigenvalue weighted by Gasteiger charge is 2.18. The molecule has 0 aromatic heterocycles. The van der Waals surface area contributed by atoms with E-state index in [1.165, 1.54) is 4.90 Å². The van der Waals surface area contributed by atoms with Gasteiger partial charge >= 0.3 is 0 Å². The molecule has 0 aromatic carbocycles. The number of likely N-dealkylation sites (N-methyl/N-ethyl adjacent to an activating group) is 1. The fourth-order valence-corrected chi connectivity index (χ4v) is 1.20. The van der Waals surface area contributed by atoms with Crippen molar-refractivity contribution in [3.05, 3.63) is 0 Å². The molecule has 0 radical (unpaired) electrons. The molecule has 0 saturated carbocycles. The Morgan fingerprint density at radius 2 is 2.09 bits per heavy atom. The molecule has 1 N–H and O–H groups in total. The normalized spacial score (nSPS) is 11.4. The third kappa shape index (κ3) is 5.21.